The molecule has 2 amide bonds. The van der Waals surface area contributed by atoms with Crippen LogP contribution < -0.4 is 10.2 Å². The molecule has 40 heavy (non-hydrogen) atoms. The molecule has 1 aliphatic heterocycles. The number of carbonyl (C=O) groups is 4. The van der Waals surface area contributed by atoms with Gasteiger partial charge in [-0.05, 0) is 85.4 Å². The third kappa shape index (κ3) is 6.32. The summed E-state index contributed by atoms with van der Waals surface area (Å²) in [7, 11) is 1.27. The van der Waals surface area contributed by atoms with Gasteiger partial charge in [0.2, 0.25) is 5.91 Å². The van der Waals surface area contributed by atoms with Crippen LogP contribution in [0.25, 0.3) is 0 Å². The van der Waals surface area contributed by atoms with E-state index in [9.17, 15) is 23.6 Å². The van der Waals surface area contributed by atoms with Crippen molar-refractivity contribution in [2.75, 3.05) is 23.9 Å². The molecule has 9 nitrogen and oxygen atoms in total. The van der Waals surface area contributed by atoms with Crippen molar-refractivity contribution < 1.29 is 33.0 Å². The van der Waals surface area contributed by atoms with Gasteiger partial charge in [-0.15, -0.1) is 0 Å². The highest BCUT2D eigenvalue weighted by molar-refractivity contribution is 7.80. The van der Waals surface area contributed by atoms with Crippen LogP contribution >= 0.6 is 12.2 Å². The quantitative estimate of drug-likeness (QED) is 0.303. The Bertz CT molecular complexity index is 1430. The maximum Gasteiger partial charge on any atom is 0.338 e. The van der Waals surface area contributed by atoms with Crippen LogP contribution in [0.1, 0.15) is 39.6 Å². The normalized spacial score (nSPS) is 14.7. The molecule has 1 aliphatic rings. The number of carbonyl (C=O) groups excluding carboxylic acids is 4. The largest absolute Gasteiger partial charge is 0.465 e. The van der Waals surface area contributed by atoms with Crippen LogP contribution in [0.2, 0.25) is 0 Å². The number of nitrogens with one attached hydrogen (secondary N) is 1. The van der Waals surface area contributed by atoms with Crippen molar-refractivity contribution in [2.24, 2.45) is 0 Å². The highest BCUT2D eigenvalue weighted by Gasteiger charge is 2.44. The van der Waals surface area contributed by atoms with E-state index < -0.39 is 35.6 Å². The molecule has 1 fully saturated rings. The zero-order chi connectivity index (χ0) is 28.8. The van der Waals surface area contributed by atoms with Gasteiger partial charge >= 0.3 is 11.9 Å². The molecule has 0 spiro atoms. The van der Waals surface area contributed by atoms with E-state index in [-0.39, 0.29) is 24.7 Å². The molecule has 4 rings (SSSR count). The second-order valence-corrected chi connectivity index (χ2v) is 9.18. The molecule has 3 aromatic rings. The molecule has 1 atom stereocenters. The summed E-state index contributed by atoms with van der Waals surface area (Å²) in [6, 6.07) is 17.2. The van der Waals surface area contributed by atoms with Gasteiger partial charge < -0.3 is 19.7 Å². The Morgan fingerprint density at radius 2 is 1.52 bits per heavy atom. The van der Waals surface area contributed by atoms with Crippen molar-refractivity contribution in [1.82, 2.24) is 4.90 Å². The molecular weight excluding hydrogens is 537 g/mol. The number of halogens is 1. The average molecular weight is 564 g/mol. The highest BCUT2D eigenvalue weighted by atomic mass is 32.1. The molecule has 1 N–H and O–H groups in total. The highest BCUT2D eigenvalue weighted by Crippen LogP contribution is 2.29. The smallest absolute Gasteiger partial charge is 0.338 e. The summed E-state index contributed by atoms with van der Waals surface area (Å²) < 4.78 is 23.2. The molecule has 0 bridgehead atoms. The van der Waals surface area contributed by atoms with E-state index >= 15 is 0 Å². The van der Waals surface area contributed by atoms with Crippen molar-refractivity contribution in [3.8, 4) is 0 Å². The van der Waals surface area contributed by atoms with Gasteiger partial charge in [-0.3, -0.25) is 14.5 Å². The lowest BCUT2D eigenvalue weighted by Crippen LogP contribution is -2.37. The van der Waals surface area contributed by atoms with Gasteiger partial charge in [0.05, 0.1) is 37.0 Å². The third-order valence-corrected chi connectivity index (χ3v) is 6.61. The lowest BCUT2D eigenvalue weighted by Gasteiger charge is -2.24. The summed E-state index contributed by atoms with van der Waals surface area (Å²) in [4.78, 5) is 53.3. The predicted octanol–water partition coefficient (Wildman–Crippen LogP) is 4.32. The number of anilines is 2. The summed E-state index contributed by atoms with van der Waals surface area (Å²) in [5, 5.41) is 2.90. The van der Waals surface area contributed by atoms with Gasteiger partial charge in [0.15, 0.2) is 5.11 Å². The molecule has 0 aliphatic carbocycles. The molecule has 206 valence electrons. The topological polar surface area (TPSA) is 105 Å². The number of nitrogens with zero attached hydrogens (tertiary/aromatic N) is 2. The predicted molar refractivity (Wildman–Crippen MR) is 149 cm³/mol. The second kappa shape index (κ2) is 12.5. The molecule has 1 saturated heterocycles. The van der Waals surface area contributed by atoms with Gasteiger partial charge in [0.1, 0.15) is 11.9 Å². The molecule has 11 heteroatoms. The fourth-order valence-electron chi connectivity index (χ4n) is 4.19. The van der Waals surface area contributed by atoms with E-state index in [0.29, 0.717) is 28.1 Å². The zero-order valence-corrected chi connectivity index (χ0v) is 22.6. The van der Waals surface area contributed by atoms with Crippen LogP contribution in [-0.2, 0) is 25.6 Å². The minimum atomic E-state index is -0.948. The van der Waals surface area contributed by atoms with Crippen LogP contribution in [0, 0.1) is 5.82 Å². The van der Waals surface area contributed by atoms with Crippen molar-refractivity contribution in [3.63, 3.8) is 0 Å². The van der Waals surface area contributed by atoms with Crippen LogP contribution in [0.5, 0.6) is 0 Å². The minimum absolute atomic E-state index is 0.161. The number of thiocarbonyl (C=S) groups is 1. The van der Waals surface area contributed by atoms with Crippen LogP contribution in [0.4, 0.5) is 15.8 Å². The Morgan fingerprint density at radius 3 is 2.12 bits per heavy atom. The summed E-state index contributed by atoms with van der Waals surface area (Å²) in [6.45, 7) is 2.10. The zero-order valence-electron chi connectivity index (χ0n) is 21.8. The first-order valence-corrected chi connectivity index (χ1v) is 12.8. The van der Waals surface area contributed by atoms with Crippen LogP contribution in [0.3, 0.4) is 0 Å². The first-order chi connectivity index (χ1) is 19.2. The van der Waals surface area contributed by atoms with E-state index in [1.807, 2.05) is 0 Å². The number of esters is 2. The van der Waals surface area contributed by atoms with Gasteiger partial charge in [-0.25, -0.2) is 14.0 Å². The van der Waals surface area contributed by atoms with Gasteiger partial charge in [0, 0.05) is 12.2 Å². The van der Waals surface area contributed by atoms with Gasteiger partial charge in [0.25, 0.3) is 5.91 Å². The summed E-state index contributed by atoms with van der Waals surface area (Å²) in [5.41, 5.74) is 2.20. The Kier molecular flexibility index (Phi) is 8.85. The molecule has 0 aromatic heterocycles. The summed E-state index contributed by atoms with van der Waals surface area (Å²) in [5.74, 6) is -2.27. The molecule has 1 unspecified atom stereocenters. The molecule has 3 aromatic carbocycles. The Hall–Kier alpha value is -4.64. The second-order valence-electron chi connectivity index (χ2n) is 8.81. The Labute approximate surface area is 235 Å². The summed E-state index contributed by atoms with van der Waals surface area (Å²) >= 11 is 5.67. The van der Waals surface area contributed by atoms with Crippen molar-refractivity contribution in [1.29, 1.82) is 0 Å². The fourth-order valence-corrected chi connectivity index (χ4v) is 4.58. The lowest BCUT2D eigenvalue weighted by molar-refractivity contribution is -0.124. The van der Waals surface area contributed by atoms with E-state index in [1.54, 1.807) is 48.2 Å². The average Bonchev–Trinajstić information content (AvgIpc) is 3.18. The van der Waals surface area contributed by atoms with Gasteiger partial charge in [-0.2, -0.15) is 0 Å². The summed E-state index contributed by atoms with van der Waals surface area (Å²) in [6.07, 6.45) is -0.226. The Morgan fingerprint density at radius 1 is 0.925 bits per heavy atom. The maximum atomic E-state index is 13.6. The third-order valence-electron chi connectivity index (χ3n) is 6.19. The number of rotatable bonds is 9. The Balaban J connectivity index is 1.56. The van der Waals surface area contributed by atoms with Gasteiger partial charge in [-0.1, -0.05) is 12.1 Å². The molecule has 1 heterocycles. The van der Waals surface area contributed by atoms with Crippen LogP contribution in [0.15, 0.2) is 72.8 Å². The van der Waals surface area contributed by atoms with Crippen LogP contribution in [-0.4, -0.2) is 53.5 Å². The first kappa shape index (κ1) is 28.4. The van der Waals surface area contributed by atoms with E-state index in [4.69, 9.17) is 17.0 Å². The SMILES string of the molecule is CCOC(=O)c1ccc(N2C(=O)C(CC(=O)Nc3ccc(C(=O)OC)cc3)N(Cc3ccc(F)cc3)C2=S)cc1. The number of methoxy groups -OCH3 is 1. The number of amides is 2. The number of benzene rings is 3. The van der Waals surface area contributed by atoms with Crippen molar-refractivity contribution >= 4 is 52.5 Å². The van der Waals surface area contributed by atoms with E-state index in [2.05, 4.69) is 10.1 Å². The first-order valence-electron chi connectivity index (χ1n) is 12.4. The molecular formula is C29H26FN3O6S. The molecule has 0 radical (unpaired) electrons. The lowest BCUT2D eigenvalue weighted by atomic mass is 10.1. The number of ether oxygens (including phenoxy) is 2. The molecule has 0 saturated carbocycles. The van der Waals surface area contributed by atoms with Crippen molar-refractivity contribution in [2.45, 2.75) is 25.9 Å². The minimum Gasteiger partial charge on any atom is -0.465 e. The fraction of sp³-hybridized carbons (Fsp3) is 0.207. The van der Waals surface area contributed by atoms with Crippen molar-refractivity contribution in [3.05, 3.63) is 95.3 Å². The number of hydrogen-bond acceptors (Lipinski definition) is 7. The monoisotopic (exact) mass is 563 g/mol. The standard InChI is InChI=1S/C29H26FN3O6S/c1-3-39-28(37)20-8-14-23(15-9-20)33-26(35)24(32(29(33)40)17-18-4-10-21(30)11-5-18)16-25(34)31-22-12-6-19(7-13-22)27(36)38-2/h4-15,24H,3,16-17H2,1-2H3,(H,31,34). The number of hydrogen-bond donors (Lipinski definition) is 1. The maximum absolute atomic E-state index is 13.6. The van der Waals surface area contributed by atoms with E-state index in [0.717, 1.165) is 0 Å². The van der Waals surface area contributed by atoms with E-state index in [1.165, 1.54) is 48.4 Å².